The first-order chi connectivity index (χ1) is 6.98. The van der Waals surface area contributed by atoms with Gasteiger partial charge in [0, 0.05) is 20.0 Å². The summed E-state index contributed by atoms with van der Waals surface area (Å²) in [6.07, 6.45) is 1.05. The highest BCUT2D eigenvalue weighted by Crippen LogP contribution is 2.14. The molecule has 0 aromatic carbocycles. The summed E-state index contributed by atoms with van der Waals surface area (Å²) < 4.78 is 0. The van der Waals surface area contributed by atoms with E-state index in [4.69, 9.17) is 5.11 Å². The van der Waals surface area contributed by atoms with E-state index in [0.29, 0.717) is 25.9 Å². The maximum Gasteiger partial charge on any atom is 0.323 e. The minimum atomic E-state index is -0.863. The highest BCUT2D eigenvalue weighted by Gasteiger charge is 2.33. The second kappa shape index (κ2) is 6.40. The lowest BCUT2D eigenvalue weighted by Gasteiger charge is -2.28. The molecule has 0 saturated heterocycles. The lowest BCUT2D eigenvalue weighted by molar-refractivity contribution is -0.145. The normalized spacial score (nSPS) is 11.1. The molecule has 0 aromatic heterocycles. The zero-order valence-corrected chi connectivity index (χ0v) is 9.59. The molecule has 1 amide bonds. The summed E-state index contributed by atoms with van der Waals surface area (Å²) in [5.74, 6) is -0.943. The van der Waals surface area contributed by atoms with Gasteiger partial charge < -0.3 is 15.7 Å². The van der Waals surface area contributed by atoms with Crippen LogP contribution < -0.4 is 10.6 Å². The molecule has 0 heterocycles. The molecule has 0 aromatic rings. The van der Waals surface area contributed by atoms with Crippen LogP contribution in [0.5, 0.6) is 0 Å². The molecular formula is C10H20N2O3. The number of carboxylic acid groups (broad SMARTS) is 1. The van der Waals surface area contributed by atoms with Crippen molar-refractivity contribution in [2.45, 2.75) is 39.2 Å². The van der Waals surface area contributed by atoms with Gasteiger partial charge in [0.2, 0.25) is 5.91 Å². The molecule has 0 radical (unpaired) electrons. The number of carbonyl (C=O) groups excluding carboxylic acids is 1. The summed E-state index contributed by atoms with van der Waals surface area (Å²) in [4.78, 5) is 21.6. The average Bonchev–Trinajstić information content (AvgIpc) is 2.18. The van der Waals surface area contributed by atoms with Gasteiger partial charge in [0.05, 0.1) is 0 Å². The standard InChI is InChI=1S/C10H20N2O3/c1-4-10(5-2,9(14)15)12-7-6-11-8(3)13/h12H,4-7H2,1-3H3,(H,11,13)(H,14,15). The lowest BCUT2D eigenvalue weighted by atomic mass is 9.93. The van der Waals surface area contributed by atoms with Crippen LogP contribution in [0.2, 0.25) is 0 Å². The third-order valence-corrected chi connectivity index (χ3v) is 2.58. The Morgan fingerprint density at radius 1 is 1.20 bits per heavy atom. The van der Waals surface area contributed by atoms with Crippen LogP contribution in [0.3, 0.4) is 0 Å². The molecular weight excluding hydrogens is 196 g/mol. The molecule has 0 spiro atoms. The summed E-state index contributed by atoms with van der Waals surface area (Å²) >= 11 is 0. The van der Waals surface area contributed by atoms with Gasteiger partial charge >= 0.3 is 5.97 Å². The van der Waals surface area contributed by atoms with Gasteiger partial charge in [-0.05, 0) is 12.8 Å². The molecule has 0 aliphatic carbocycles. The highest BCUT2D eigenvalue weighted by molar-refractivity contribution is 5.78. The van der Waals surface area contributed by atoms with Crippen LogP contribution in [0.25, 0.3) is 0 Å². The number of carboxylic acids is 1. The Morgan fingerprint density at radius 3 is 2.07 bits per heavy atom. The van der Waals surface area contributed by atoms with Crippen molar-refractivity contribution in [1.82, 2.24) is 10.6 Å². The van der Waals surface area contributed by atoms with Crippen LogP contribution in [0.4, 0.5) is 0 Å². The Hall–Kier alpha value is -1.10. The highest BCUT2D eigenvalue weighted by atomic mass is 16.4. The van der Waals surface area contributed by atoms with E-state index in [0.717, 1.165) is 0 Å². The molecule has 88 valence electrons. The zero-order valence-electron chi connectivity index (χ0n) is 9.59. The molecule has 15 heavy (non-hydrogen) atoms. The molecule has 0 unspecified atom stereocenters. The monoisotopic (exact) mass is 216 g/mol. The number of carbonyl (C=O) groups is 2. The molecule has 5 heteroatoms. The van der Waals surface area contributed by atoms with Crippen LogP contribution >= 0.6 is 0 Å². The molecule has 0 aliphatic rings. The van der Waals surface area contributed by atoms with E-state index in [1.54, 1.807) is 0 Å². The van der Waals surface area contributed by atoms with E-state index in [1.165, 1.54) is 6.92 Å². The van der Waals surface area contributed by atoms with Gasteiger partial charge in [-0.2, -0.15) is 0 Å². The van der Waals surface area contributed by atoms with Gasteiger partial charge in [-0.1, -0.05) is 13.8 Å². The molecule has 0 aliphatic heterocycles. The first-order valence-corrected chi connectivity index (χ1v) is 5.21. The summed E-state index contributed by atoms with van der Waals surface area (Å²) in [6.45, 7) is 6.02. The average molecular weight is 216 g/mol. The Kier molecular flexibility index (Phi) is 5.93. The zero-order chi connectivity index (χ0) is 11.9. The fourth-order valence-corrected chi connectivity index (χ4v) is 1.42. The van der Waals surface area contributed by atoms with Gasteiger partial charge in [-0.25, -0.2) is 0 Å². The van der Waals surface area contributed by atoms with Crippen LogP contribution in [0.1, 0.15) is 33.6 Å². The van der Waals surface area contributed by atoms with Crippen molar-refractivity contribution in [3.05, 3.63) is 0 Å². The number of nitrogens with one attached hydrogen (secondary N) is 2. The lowest BCUT2D eigenvalue weighted by Crippen LogP contribution is -2.53. The molecule has 0 bridgehead atoms. The molecule has 0 saturated carbocycles. The summed E-state index contributed by atoms with van der Waals surface area (Å²) in [5.41, 5.74) is -0.863. The topological polar surface area (TPSA) is 78.4 Å². The number of rotatable bonds is 7. The maximum atomic E-state index is 11.1. The first kappa shape index (κ1) is 13.9. The largest absolute Gasteiger partial charge is 0.480 e. The molecule has 0 fully saturated rings. The summed E-state index contributed by atoms with van der Waals surface area (Å²) in [6, 6.07) is 0. The minimum absolute atomic E-state index is 0.106. The fourth-order valence-electron chi connectivity index (χ4n) is 1.42. The van der Waals surface area contributed by atoms with Gasteiger partial charge in [0.15, 0.2) is 0 Å². The van der Waals surface area contributed by atoms with Gasteiger partial charge in [-0.3, -0.25) is 9.59 Å². The van der Waals surface area contributed by atoms with E-state index in [1.807, 2.05) is 13.8 Å². The van der Waals surface area contributed by atoms with E-state index in [2.05, 4.69) is 10.6 Å². The number of hydrogen-bond acceptors (Lipinski definition) is 3. The van der Waals surface area contributed by atoms with Gasteiger partial charge in [0.25, 0.3) is 0 Å². The smallest absolute Gasteiger partial charge is 0.323 e. The number of hydrogen-bond donors (Lipinski definition) is 3. The van der Waals surface area contributed by atoms with Crippen LogP contribution in [-0.2, 0) is 9.59 Å². The van der Waals surface area contributed by atoms with Crippen LogP contribution in [0, 0.1) is 0 Å². The Bertz CT molecular complexity index is 225. The number of aliphatic carboxylic acids is 1. The van der Waals surface area contributed by atoms with Gasteiger partial charge in [0.1, 0.15) is 5.54 Å². The van der Waals surface area contributed by atoms with Crippen molar-refractivity contribution < 1.29 is 14.7 Å². The third kappa shape index (κ3) is 4.29. The molecule has 3 N–H and O–H groups in total. The van der Waals surface area contributed by atoms with E-state index >= 15 is 0 Å². The molecule has 0 atom stereocenters. The first-order valence-electron chi connectivity index (χ1n) is 5.21. The van der Waals surface area contributed by atoms with Crippen molar-refractivity contribution >= 4 is 11.9 Å². The van der Waals surface area contributed by atoms with Crippen molar-refractivity contribution in [3.8, 4) is 0 Å². The van der Waals surface area contributed by atoms with Crippen molar-refractivity contribution in [2.75, 3.05) is 13.1 Å². The maximum absolute atomic E-state index is 11.1. The Labute approximate surface area is 90.2 Å². The molecule has 5 nitrogen and oxygen atoms in total. The van der Waals surface area contributed by atoms with Crippen LogP contribution in [-0.4, -0.2) is 35.6 Å². The fraction of sp³-hybridized carbons (Fsp3) is 0.800. The quantitative estimate of drug-likeness (QED) is 0.537. The summed E-state index contributed by atoms with van der Waals surface area (Å²) in [7, 11) is 0. The van der Waals surface area contributed by atoms with E-state index in [-0.39, 0.29) is 5.91 Å². The van der Waals surface area contributed by atoms with E-state index in [9.17, 15) is 9.59 Å². The second-order valence-corrected chi connectivity index (χ2v) is 3.50. The number of amides is 1. The SMILES string of the molecule is CCC(CC)(NCCNC(C)=O)C(=O)O. The predicted molar refractivity (Wildman–Crippen MR) is 57.6 cm³/mol. The summed E-state index contributed by atoms with van der Waals surface area (Å²) in [5, 5.41) is 14.7. The Balaban J connectivity index is 4.07. The van der Waals surface area contributed by atoms with Crippen molar-refractivity contribution in [1.29, 1.82) is 0 Å². The van der Waals surface area contributed by atoms with Crippen molar-refractivity contribution in [2.24, 2.45) is 0 Å². The van der Waals surface area contributed by atoms with E-state index < -0.39 is 11.5 Å². The predicted octanol–water partition coefficient (Wildman–Crippen LogP) is 0.356. The van der Waals surface area contributed by atoms with Crippen LogP contribution in [0.15, 0.2) is 0 Å². The van der Waals surface area contributed by atoms with Crippen molar-refractivity contribution in [3.63, 3.8) is 0 Å². The third-order valence-electron chi connectivity index (χ3n) is 2.58. The second-order valence-electron chi connectivity index (χ2n) is 3.50. The van der Waals surface area contributed by atoms with Gasteiger partial charge in [-0.15, -0.1) is 0 Å². The minimum Gasteiger partial charge on any atom is -0.480 e. The Morgan fingerprint density at radius 2 is 1.73 bits per heavy atom. The molecule has 0 rings (SSSR count).